The molecule has 0 unspecified atom stereocenters. The highest BCUT2D eigenvalue weighted by Gasteiger charge is 2.16. The lowest BCUT2D eigenvalue weighted by molar-refractivity contribution is 0.102. The lowest BCUT2D eigenvalue weighted by atomic mass is 10.1. The lowest BCUT2D eigenvalue weighted by Crippen LogP contribution is -2.14. The molecule has 1 N–H and O–H groups in total. The van der Waals surface area contributed by atoms with E-state index in [1.807, 2.05) is 0 Å². The number of carbonyl (C=O) groups excluding carboxylic acids is 1. The summed E-state index contributed by atoms with van der Waals surface area (Å²) < 4.78 is 29.3. The van der Waals surface area contributed by atoms with E-state index >= 15 is 0 Å². The molecule has 5 nitrogen and oxygen atoms in total. The van der Waals surface area contributed by atoms with Gasteiger partial charge in [-0.15, -0.1) is 0 Å². The van der Waals surface area contributed by atoms with Crippen LogP contribution in [0.2, 0.25) is 5.02 Å². The van der Waals surface area contributed by atoms with Crippen molar-refractivity contribution in [2.24, 2.45) is 0 Å². The molecule has 3 rings (SSSR count). The number of halogens is 2. The zero-order valence-corrected chi connectivity index (χ0v) is 16.6. The van der Waals surface area contributed by atoms with E-state index in [9.17, 15) is 9.18 Å². The number of hydrogen-bond donors (Lipinski definition) is 1. The molecule has 0 aliphatic carbocycles. The van der Waals surface area contributed by atoms with Gasteiger partial charge < -0.3 is 19.5 Å². The van der Waals surface area contributed by atoms with Crippen LogP contribution >= 0.6 is 11.6 Å². The molecule has 0 heterocycles. The molecule has 150 valence electrons. The summed E-state index contributed by atoms with van der Waals surface area (Å²) in [6, 6.07) is 16.0. The summed E-state index contributed by atoms with van der Waals surface area (Å²) in [6.45, 7) is 0.197. The van der Waals surface area contributed by atoms with Crippen LogP contribution in [-0.2, 0) is 6.61 Å². The van der Waals surface area contributed by atoms with E-state index in [1.54, 1.807) is 48.5 Å². The van der Waals surface area contributed by atoms with Gasteiger partial charge >= 0.3 is 0 Å². The number of ether oxygens (including phenoxy) is 3. The Labute approximate surface area is 173 Å². The minimum absolute atomic E-state index is 0.197. The predicted octanol–water partition coefficient (Wildman–Crippen LogP) is 5.33. The second kappa shape index (κ2) is 9.30. The molecule has 0 atom stereocenters. The Balaban J connectivity index is 1.80. The van der Waals surface area contributed by atoms with Crippen LogP contribution < -0.4 is 19.5 Å². The van der Waals surface area contributed by atoms with Gasteiger partial charge in [0.15, 0.2) is 0 Å². The second-order valence-corrected chi connectivity index (χ2v) is 6.46. The normalized spacial score (nSPS) is 10.3. The van der Waals surface area contributed by atoms with Gasteiger partial charge in [-0.3, -0.25) is 4.79 Å². The van der Waals surface area contributed by atoms with Crippen molar-refractivity contribution >= 4 is 23.2 Å². The fourth-order valence-corrected chi connectivity index (χ4v) is 2.91. The number of carbonyl (C=O) groups is 1. The van der Waals surface area contributed by atoms with Crippen molar-refractivity contribution in [1.29, 1.82) is 0 Å². The van der Waals surface area contributed by atoms with Gasteiger partial charge in [0.05, 0.1) is 30.5 Å². The molecule has 0 aliphatic heterocycles. The Hall–Kier alpha value is -3.25. The zero-order chi connectivity index (χ0) is 20.8. The Bertz CT molecular complexity index is 1010. The van der Waals surface area contributed by atoms with Gasteiger partial charge in [0, 0.05) is 6.07 Å². The fourth-order valence-electron chi connectivity index (χ4n) is 2.67. The number of rotatable bonds is 7. The Morgan fingerprint density at radius 2 is 1.66 bits per heavy atom. The number of methoxy groups -OCH3 is 2. The van der Waals surface area contributed by atoms with Crippen molar-refractivity contribution in [2.75, 3.05) is 19.5 Å². The predicted molar refractivity (Wildman–Crippen MR) is 110 cm³/mol. The van der Waals surface area contributed by atoms with Gasteiger partial charge in [-0.2, -0.15) is 0 Å². The minimum Gasteiger partial charge on any atom is -0.495 e. The third kappa shape index (κ3) is 4.97. The molecule has 0 spiro atoms. The maximum absolute atomic E-state index is 13.0. The standard InChI is InChI=1S/C22H19ClFNO4/c1-27-20-12-21(28-2)18(11-17(20)23)25-22(26)16-5-3-4-6-19(16)29-13-14-7-9-15(24)10-8-14/h3-12H,13H2,1-2H3,(H,25,26). The van der Waals surface area contributed by atoms with Crippen LogP contribution in [0.1, 0.15) is 15.9 Å². The van der Waals surface area contributed by atoms with Gasteiger partial charge in [0.25, 0.3) is 5.91 Å². The molecular weight excluding hydrogens is 397 g/mol. The lowest BCUT2D eigenvalue weighted by Gasteiger charge is -2.15. The molecule has 3 aromatic rings. The molecule has 0 saturated heterocycles. The van der Waals surface area contributed by atoms with Crippen LogP contribution in [-0.4, -0.2) is 20.1 Å². The first-order chi connectivity index (χ1) is 14.0. The van der Waals surface area contributed by atoms with Gasteiger partial charge in [-0.05, 0) is 35.9 Å². The smallest absolute Gasteiger partial charge is 0.259 e. The summed E-state index contributed by atoms with van der Waals surface area (Å²) in [4.78, 5) is 12.9. The highest BCUT2D eigenvalue weighted by molar-refractivity contribution is 6.32. The van der Waals surface area contributed by atoms with E-state index in [0.29, 0.717) is 33.5 Å². The first kappa shape index (κ1) is 20.5. The first-order valence-electron chi connectivity index (χ1n) is 8.71. The van der Waals surface area contributed by atoms with E-state index in [4.69, 9.17) is 25.8 Å². The summed E-state index contributed by atoms with van der Waals surface area (Å²) >= 11 is 6.16. The zero-order valence-electron chi connectivity index (χ0n) is 15.9. The molecule has 0 aliphatic rings. The maximum atomic E-state index is 13.0. The molecular formula is C22H19ClFNO4. The van der Waals surface area contributed by atoms with Crippen LogP contribution in [0.25, 0.3) is 0 Å². The molecule has 0 bridgehead atoms. The molecule has 3 aromatic carbocycles. The molecule has 0 radical (unpaired) electrons. The van der Waals surface area contributed by atoms with Crippen LogP contribution in [0.5, 0.6) is 17.2 Å². The van der Waals surface area contributed by atoms with E-state index in [0.717, 1.165) is 5.56 Å². The molecule has 29 heavy (non-hydrogen) atoms. The summed E-state index contributed by atoms with van der Waals surface area (Å²) in [6.07, 6.45) is 0. The maximum Gasteiger partial charge on any atom is 0.259 e. The largest absolute Gasteiger partial charge is 0.495 e. The second-order valence-electron chi connectivity index (χ2n) is 6.05. The third-order valence-corrected chi connectivity index (χ3v) is 4.46. The van der Waals surface area contributed by atoms with Gasteiger partial charge in [-0.25, -0.2) is 4.39 Å². The number of anilines is 1. The Morgan fingerprint density at radius 3 is 2.34 bits per heavy atom. The molecule has 7 heteroatoms. The monoisotopic (exact) mass is 415 g/mol. The van der Waals surface area contributed by atoms with Crippen LogP contribution in [0, 0.1) is 5.82 Å². The van der Waals surface area contributed by atoms with Crippen molar-refractivity contribution in [3.63, 3.8) is 0 Å². The number of nitrogens with one attached hydrogen (secondary N) is 1. The average molecular weight is 416 g/mol. The van der Waals surface area contributed by atoms with Crippen LogP contribution in [0.4, 0.5) is 10.1 Å². The van der Waals surface area contributed by atoms with E-state index in [-0.39, 0.29) is 18.3 Å². The third-order valence-electron chi connectivity index (χ3n) is 4.16. The van der Waals surface area contributed by atoms with Crippen molar-refractivity contribution in [2.45, 2.75) is 6.61 Å². The number of amides is 1. The van der Waals surface area contributed by atoms with Gasteiger partial charge in [-0.1, -0.05) is 35.9 Å². The molecule has 0 aromatic heterocycles. The summed E-state index contributed by atoms with van der Waals surface area (Å²) in [5, 5.41) is 3.12. The average Bonchev–Trinajstić information content (AvgIpc) is 2.73. The molecule has 0 saturated carbocycles. The Morgan fingerprint density at radius 1 is 0.966 bits per heavy atom. The molecule has 1 amide bonds. The minimum atomic E-state index is -0.390. The number of hydrogen-bond acceptors (Lipinski definition) is 4. The van der Waals surface area contributed by atoms with Crippen molar-refractivity contribution in [3.8, 4) is 17.2 Å². The fraction of sp³-hybridized carbons (Fsp3) is 0.136. The topological polar surface area (TPSA) is 56.8 Å². The number of para-hydroxylation sites is 1. The highest BCUT2D eigenvalue weighted by Crippen LogP contribution is 2.36. The van der Waals surface area contributed by atoms with Crippen LogP contribution in [0.15, 0.2) is 60.7 Å². The summed E-state index contributed by atoms with van der Waals surface area (Å²) in [7, 11) is 2.98. The van der Waals surface area contributed by atoms with E-state index < -0.39 is 0 Å². The van der Waals surface area contributed by atoms with E-state index in [2.05, 4.69) is 5.32 Å². The van der Waals surface area contributed by atoms with E-state index in [1.165, 1.54) is 26.4 Å². The van der Waals surface area contributed by atoms with Crippen molar-refractivity contribution < 1.29 is 23.4 Å². The first-order valence-corrected chi connectivity index (χ1v) is 9.08. The van der Waals surface area contributed by atoms with Crippen LogP contribution in [0.3, 0.4) is 0 Å². The van der Waals surface area contributed by atoms with Gasteiger partial charge in [0.1, 0.15) is 29.7 Å². The Kier molecular flexibility index (Phi) is 6.57. The SMILES string of the molecule is COc1cc(OC)c(NC(=O)c2ccccc2OCc2ccc(F)cc2)cc1Cl. The number of benzene rings is 3. The molecule has 0 fully saturated rings. The summed E-state index contributed by atoms with van der Waals surface area (Å²) in [5.74, 6) is 0.529. The highest BCUT2D eigenvalue weighted by atomic mass is 35.5. The summed E-state index contributed by atoms with van der Waals surface area (Å²) in [5.41, 5.74) is 1.52. The quantitative estimate of drug-likeness (QED) is 0.566. The van der Waals surface area contributed by atoms with Crippen molar-refractivity contribution in [1.82, 2.24) is 0 Å². The van der Waals surface area contributed by atoms with Gasteiger partial charge in [0.2, 0.25) is 0 Å². The van der Waals surface area contributed by atoms with Crippen molar-refractivity contribution in [3.05, 3.63) is 82.6 Å².